The predicted molar refractivity (Wildman–Crippen MR) is 73.4 cm³/mol. The standard InChI is InChI=1S/C15H14FN3O/c1-2-3-15(20)19-8-6-18(7-9-19)14-5-4-13(16)10-12(14)11-17/h4-5,10H,6-9H2,1H3. The zero-order valence-electron chi connectivity index (χ0n) is 11.2. The number of hydrogen-bond donors (Lipinski definition) is 0. The molecule has 0 N–H and O–H groups in total. The smallest absolute Gasteiger partial charge is 0.298 e. The van der Waals surface area contributed by atoms with Crippen LogP contribution in [-0.2, 0) is 4.79 Å². The molecule has 5 heteroatoms. The highest BCUT2D eigenvalue weighted by Crippen LogP contribution is 2.22. The van der Waals surface area contributed by atoms with Crippen molar-refractivity contribution in [3.63, 3.8) is 0 Å². The second-order valence-electron chi connectivity index (χ2n) is 4.43. The molecule has 0 spiro atoms. The fraction of sp³-hybridized carbons (Fsp3) is 0.333. The topological polar surface area (TPSA) is 47.3 Å². The molecule has 0 aliphatic carbocycles. The van der Waals surface area contributed by atoms with Crippen LogP contribution in [0.1, 0.15) is 12.5 Å². The van der Waals surface area contributed by atoms with Gasteiger partial charge >= 0.3 is 0 Å². The number of anilines is 1. The van der Waals surface area contributed by atoms with E-state index in [0.717, 1.165) is 0 Å². The third kappa shape index (κ3) is 2.89. The highest BCUT2D eigenvalue weighted by molar-refractivity contribution is 5.93. The van der Waals surface area contributed by atoms with Crippen molar-refractivity contribution in [2.45, 2.75) is 6.92 Å². The van der Waals surface area contributed by atoms with E-state index in [1.54, 1.807) is 17.9 Å². The Balaban J connectivity index is 2.09. The van der Waals surface area contributed by atoms with Crippen LogP contribution in [0.25, 0.3) is 0 Å². The normalized spacial score (nSPS) is 14.2. The Hall–Kier alpha value is -2.53. The number of rotatable bonds is 1. The largest absolute Gasteiger partial charge is 0.367 e. The number of halogens is 1. The maximum absolute atomic E-state index is 13.1. The minimum absolute atomic E-state index is 0.174. The van der Waals surface area contributed by atoms with Crippen LogP contribution in [0.5, 0.6) is 0 Å². The van der Waals surface area contributed by atoms with Gasteiger partial charge in [-0.3, -0.25) is 4.79 Å². The van der Waals surface area contributed by atoms with Gasteiger partial charge in [-0.25, -0.2) is 4.39 Å². The van der Waals surface area contributed by atoms with Crippen LogP contribution in [0.2, 0.25) is 0 Å². The summed E-state index contributed by atoms with van der Waals surface area (Å²) < 4.78 is 13.1. The molecule has 1 heterocycles. The minimum atomic E-state index is -0.419. The Morgan fingerprint density at radius 2 is 2.00 bits per heavy atom. The summed E-state index contributed by atoms with van der Waals surface area (Å²) in [6.45, 7) is 3.95. The van der Waals surface area contributed by atoms with E-state index in [0.29, 0.717) is 37.4 Å². The fourth-order valence-corrected chi connectivity index (χ4v) is 2.21. The summed E-state index contributed by atoms with van der Waals surface area (Å²) in [4.78, 5) is 15.3. The average Bonchev–Trinajstić information content (AvgIpc) is 2.47. The molecule has 1 aromatic rings. The van der Waals surface area contributed by atoms with Gasteiger partial charge in [-0.05, 0) is 31.0 Å². The molecule has 20 heavy (non-hydrogen) atoms. The second-order valence-corrected chi connectivity index (χ2v) is 4.43. The predicted octanol–water partition coefficient (Wildman–Crippen LogP) is 1.37. The quantitative estimate of drug-likeness (QED) is 0.725. The first-order chi connectivity index (χ1) is 9.65. The van der Waals surface area contributed by atoms with Gasteiger partial charge in [0, 0.05) is 26.2 Å². The second kappa shape index (κ2) is 6.08. The molecule has 1 fully saturated rings. The van der Waals surface area contributed by atoms with Gasteiger partial charge in [0.25, 0.3) is 5.91 Å². The Morgan fingerprint density at radius 1 is 1.30 bits per heavy atom. The molecular weight excluding hydrogens is 257 g/mol. The summed E-state index contributed by atoms with van der Waals surface area (Å²) in [6, 6.07) is 6.19. The lowest BCUT2D eigenvalue weighted by Gasteiger charge is -2.35. The van der Waals surface area contributed by atoms with Crippen molar-refractivity contribution < 1.29 is 9.18 Å². The Morgan fingerprint density at radius 3 is 2.60 bits per heavy atom. The van der Waals surface area contributed by atoms with E-state index in [1.165, 1.54) is 12.1 Å². The fourth-order valence-electron chi connectivity index (χ4n) is 2.21. The summed E-state index contributed by atoms with van der Waals surface area (Å²) in [7, 11) is 0. The van der Waals surface area contributed by atoms with E-state index in [9.17, 15) is 9.18 Å². The van der Waals surface area contributed by atoms with Crippen molar-refractivity contribution >= 4 is 11.6 Å². The van der Waals surface area contributed by atoms with Gasteiger partial charge in [-0.2, -0.15) is 5.26 Å². The van der Waals surface area contributed by atoms with Gasteiger partial charge in [0.05, 0.1) is 11.3 Å². The van der Waals surface area contributed by atoms with Crippen molar-refractivity contribution in [3.8, 4) is 17.9 Å². The van der Waals surface area contributed by atoms with Crippen molar-refractivity contribution in [2.24, 2.45) is 0 Å². The molecule has 0 saturated carbocycles. The third-order valence-electron chi connectivity index (χ3n) is 3.22. The molecular formula is C15H14FN3O. The van der Waals surface area contributed by atoms with E-state index in [2.05, 4.69) is 11.8 Å². The van der Waals surface area contributed by atoms with Crippen molar-refractivity contribution in [2.75, 3.05) is 31.1 Å². The van der Waals surface area contributed by atoms with E-state index in [-0.39, 0.29) is 5.91 Å². The van der Waals surface area contributed by atoms with Crippen LogP contribution in [-0.4, -0.2) is 37.0 Å². The molecule has 0 bridgehead atoms. The number of carbonyl (C=O) groups is 1. The monoisotopic (exact) mass is 271 g/mol. The first-order valence-electron chi connectivity index (χ1n) is 6.32. The van der Waals surface area contributed by atoms with Gasteiger partial charge in [0.1, 0.15) is 11.9 Å². The van der Waals surface area contributed by atoms with Crippen molar-refractivity contribution in [3.05, 3.63) is 29.6 Å². The Labute approximate surface area is 117 Å². The van der Waals surface area contributed by atoms with E-state index >= 15 is 0 Å². The maximum Gasteiger partial charge on any atom is 0.298 e. The molecule has 1 aliphatic heterocycles. The van der Waals surface area contributed by atoms with Gasteiger partial charge in [0.15, 0.2) is 0 Å². The van der Waals surface area contributed by atoms with Crippen molar-refractivity contribution in [1.82, 2.24) is 4.90 Å². The van der Waals surface area contributed by atoms with Crippen LogP contribution in [0.3, 0.4) is 0 Å². The number of piperazine rings is 1. The number of amides is 1. The first kappa shape index (κ1) is 13.9. The van der Waals surface area contributed by atoms with Crippen LogP contribution in [0.15, 0.2) is 18.2 Å². The first-order valence-corrected chi connectivity index (χ1v) is 6.32. The van der Waals surface area contributed by atoms with Gasteiger partial charge < -0.3 is 9.80 Å². The molecule has 1 amide bonds. The number of nitriles is 1. The van der Waals surface area contributed by atoms with Crippen LogP contribution in [0, 0.1) is 29.0 Å². The molecule has 4 nitrogen and oxygen atoms in total. The highest BCUT2D eigenvalue weighted by atomic mass is 19.1. The molecule has 2 rings (SSSR count). The summed E-state index contributed by atoms with van der Waals surface area (Å²) in [5.74, 6) is 4.52. The summed E-state index contributed by atoms with van der Waals surface area (Å²) >= 11 is 0. The molecule has 1 saturated heterocycles. The Kier molecular flexibility index (Phi) is 4.22. The Bertz CT molecular complexity index is 616. The lowest BCUT2D eigenvalue weighted by atomic mass is 10.1. The average molecular weight is 271 g/mol. The van der Waals surface area contributed by atoms with Crippen LogP contribution in [0.4, 0.5) is 10.1 Å². The summed E-state index contributed by atoms with van der Waals surface area (Å²) in [6.07, 6.45) is 0. The molecule has 0 aromatic heterocycles. The molecule has 1 aliphatic rings. The van der Waals surface area contributed by atoms with Gasteiger partial charge in [-0.1, -0.05) is 5.92 Å². The lowest BCUT2D eigenvalue weighted by Crippen LogP contribution is -2.48. The zero-order chi connectivity index (χ0) is 14.5. The molecule has 1 aromatic carbocycles. The molecule has 0 unspecified atom stereocenters. The van der Waals surface area contributed by atoms with E-state index < -0.39 is 5.82 Å². The van der Waals surface area contributed by atoms with Crippen molar-refractivity contribution in [1.29, 1.82) is 5.26 Å². The van der Waals surface area contributed by atoms with Crippen LogP contribution < -0.4 is 4.90 Å². The van der Waals surface area contributed by atoms with E-state index in [4.69, 9.17) is 5.26 Å². The molecule has 0 radical (unpaired) electrons. The molecule has 102 valence electrons. The number of benzene rings is 1. The SMILES string of the molecule is CC#CC(=O)N1CCN(c2ccc(F)cc2C#N)CC1. The summed E-state index contributed by atoms with van der Waals surface area (Å²) in [5, 5.41) is 9.06. The maximum atomic E-state index is 13.1. The lowest BCUT2D eigenvalue weighted by molar-refractivity contribution is -0.125. The molecule has 0 atom stereocenters. The number of hydrogen-bond acceptors (Lipinski definition) is 3. The minimum Gasteiger partial charge on any atom is -0.367 e. The zero-order valence-corrected chi connectivity index (χ0v) is 11.2. The van der Waals surface area contributed by atoms with Crippen LogP contribution >= 0.6 is 0 Å². The third-order valence-corrected chi connectivity index (χ3v) is 3.22. The number of carbonyl (C=O) groups excluding carboxylic acids is 1. The number of nitrogens with zero attached hydrogens (tertiary/aromatic N) is 3. The van der Waals surface area contributed by atoms with Gasteiger partial charge in [0.2, 0.25) is 0 Å². The highest BCUT2D eigenvalue weighted by Gasteiger charge is 2.21. The van der Waals surface area contributed by atoms with Gasteiger partial charge in [-0.15, -0.1) is 0 Å². The summed E-state index contributed by atoms with van der Waals surface area (Å²) in [5.41, 5.74) is 1.03. The van der Waals surface area contributed by atoms with E-state index in [1.807, 2.05) is 11.0 Å².